The highest BCUT2D eigenvalue weighted by Crippen LogP contribution is 2.31. The van der Waals surface area contributed by atoms with E-state index < -0.39 is 17.5 Å². The molecule has 0 spiro atoms. The summed E-state index contributed by atoms with van der Waals surface area (Å²) in [7, 11) is 0. The van der Waals surface area contributed by atoms with Crippen LogP contribution in [0.4, 0.5) is 20.7 Å². The van der Waals surface area contributed by atoms with E-state index in [0.29, 0.717) is 0 Å². The number of ether oxygens (including phenoxy) is 1. The smallest absolute Gasteiger partial charge is 0.420 e. The van der Waals surface area contributed by atoms with Gasteiger partial charge in [0.15, 0.2) is 5.65 Å². The molecule has 0 atom stereocenters. The van der Waals surface area contributed by atoms with Crippen LogP contribution in [-0.2, 0) is 4.74 Å². The first-order valence-corrected chi connectivity index (χ1v) is 8.40. The number of rotatable bonds is 2. The summed E-state index contributed by atoms with van der Waals surface area (Å²) in [4.78, 5) is 18.1. The van der Waals surface area contributed by atoms with E-state index in [9.17, 15) is 9.18 Å². The average Bonchev–Trinajstić information content (AvgIpc) is 2.87. The highest BCUT2D eigenvalue weighted by atomic mass is 35.5. The number of halogens is 3. The second kappa shape index (κ2) is 6.74. The third-order valence-electron chi connectivity index (χ3n) is 3.25. The molecule has 26 heavy (non-hydrogen) atoms. The molecule has 2 aromatic heterocycles. The molecule has 0 aliphatic heterocycles. The molecular weight excluding hydrogens is 382 g/mol. The van der Waals surface area contributed by atoms with Gasteiger partial charge in [-0.1, -0.05) is 29.3 Å². The van der Waals surface area contributed by atoms with Gasteiger partial charge in [-0.3, -0.25) is 0 Å². The van der Waals surface area contributed by atoms with Crippen LogP contribution in [0.2, 0.25) is 10.2 Å². The van der Waals surface area contributed by atoms with Crippen LogP contribution in [0.25, 0.3) is 5.65 Å². The Bertz CT molecular complexity index is 985. The average molecular weight is 397 g/mol. The SMILES string of the molecule is CC(C)(C)OC(=O)N(c1cccc(F)c1)c1cc(Cl)nc2c(Cl)cnn12. The van der Waals surface area contributed by atoms with Crippen LogP contribution in [0.5, 0.6) is 0 Å². The van der Waals surface area contributed by atoms with Crippen molar-refractivity contribution in [2.24, 2.45) is 0 Å². The van der Waals surface area contributed by atoms with Gasteiger partial charge in [-0.2, -0.15) is 9.61 Å². The molecule has 0 radical (unpaired) electrons. The molecule has 0 aliphatic carbocycles. The zero-order valence-electron chi connectivity index (χ0n) is 14.2. The summed E-state index contributed by atoms with van der Waals surface area (Å²) in [6.07, 6.45) is 0.654. The molecule has 3 rings (SSSR count). The van der Waals surface area contributed by atoms with Crippen molar-refractivity contribution in [3.8, 4) is 0 Å². The lowest BCUT2D eigenvalue weighted by Gasteiger charge is -2.27. The lowest BCUT2D eigenvalue weighted by Crippen LogP contribution is -2.35. The summed E-state index contributed by atoms with van der Waals surface area (Å²) in [5.41, 5.74) is -0.256. The second-order valence-electron chi connectivity index (χ2n) is 6.46. The Hall–Kier alpha value is -2.38. The predicted octanol–water partition coefficient (Wildman–Crippen LogP) is 5.25. The maximum absolute atomic E-state index is 13.8. The standard InChI is InChI=1S/C17H15Cl2FN4O2/c1-17(2,3)26-16(25)23(11-6-4-5-10(20)7-11)14-8-13(19)22-15-12(18)9-21-24(14)15/h4-9H,1-3H3. The maximum atomic E-state index is 13.8. The Kier molecular flexibility index (Phi) is 4.77. The van der Waals surface area contributed by atoms with Gasteiger partial charge in [-0.25, -0.2) is 19.1 Å². The number of anilines is 2. The summed E-state index contributed by atoms with van der Waals surface area (Å²) in [5.74, 6) is -0.294. The van der Waals surface area contributed by atoms with Crippen molar-refractivity contribution in [2.75, 3.05) is 4.90 Å². The number of aromatic nitrogens is 3. The highest BCUT2D eigenvalue weighted by Gasteiger charge is 2.28. The second-order valence-corrected chi connectivity index (χ2v) is 7.26. The van der Waals surface area contributed by atoms with Crippen molar-refractivity contribution in [2.45, 2.75) is 26.4 Å². The van der Waals surface area contributed by atoms with E-state index in [2.05, 4.69) is 10.1 Å². The molecule has 1 aromatic carbocycles. The van der Waals surface area contributed by atoms with E-state index in [0.717, 1.165) is 4.90 Å². The molecule has 136 valence electrons. The number of hydrogen-bond donors (Lipinski definition) is 0. The number of amides is 1. The first-order chi connectivity index (χ1) is 12.2. The van der Waals surface area contributed by atoms with Crippen molar-refractivity contribution in [3.05, 3.63) is 52.5 Å². The minimum atomic E-state index is -0.764. The molecule has 0 saturated heterocycles. The molecule has 0 saturated carbocycles. The van der Waals surface area contributed by atoms with E-state index in [1.165, 1.54) is 35.0 Å². The third kappa shape index (κ3) is 3.73. The first kappa shape index (κ1) is 18.4. The third-order valence-corrected chi connectivity index (χ3v) is 3.71. The van der Waals surface area contributed by atoms with Gasteiger partial charge < -0.3 is 4.74 Å². The largest absolute Gasteiger partial charge is 0.443 e. The summed E-state index contributed by atoms with van der Waals surface area (Å²) < 4.78 is 20.6. The van der Waals surface area contributed by atoms with Crippen LogP contribution in [0.3, 0.4) is 0 Å². The number of nitrogens with zero attached hydrogens (tertiary/aromatic N) is 4. The Labute approximate surface area is 159 Å². The summed E-state index contributed by atoms with van der Waals surface area (Å²) in [6, 6.07) is 6.95. The Morgan fingerprint density at radius 1 is 1.27 bits per heavy atom. The molecule has 1 amide bonds. The number of hydrogen-bond acceptors (Lipinski definition) is 4. The van der Waals surface area contributed by atoms with Crippen molar-refractivity contribution in [1.29, 1.82) is 0 Å². The number of carbonyl (C=O) groups excluding carboxylic acids is 1. The minimum absolute atomic E-state index is 0.0971. The molecule has 2 heterocycles. The van der Waals surface area contributed by atoms with Crippen molar-refractivity contribution >= 4 is 46.4 Å². The monoisotopic (exact) mass is 396 g/mol. The van der Waals surface area contributed by atoms with Gasteiger partial charge in [0.1, 0.15) is 27.4 Å². The molecule has 6 nitrogen and oxygen atoms in total. The van der Waals surface area contributed by atoms with Gasteiger partial charge in [0.05, 0.1) is 11.9 Å². The fourth-order valence-corrected chi connectivity index (χ4v) is 2.65. The molecular formula is C17H15Cl2FN4O2. The Morgan fingerprint density at radius 2 is 2.00 bits per heavy atom. The molecule has 0 aliphatic rings. The van der Waals surface area contributed by atoms with E-state index in [4.69, 9.17) is 27.9 Å². The van der Waals surface area contributed by atoms with Crippen LogP contribution in [0.15, 0.2) is 36.5 Å². The van der Waals surface area contributed by atoms with Crippen molar-refractivity contribution in [3.63, 3.8) is 0 Å². The molecule has 0 fully saturated rings. The van der Waals surface area contributed by atoms with Gasteiger partial charge >= 0.3 is 6.09 Å². The van der Waals surface area contributed by atoms with Gasteiger partial charge in [-0.05, 0) is 39.0 Å². The molecule has 0 N–H and O–H groups in total. The van der Waals surface area contributed by atoms with Gasteiger partial charge in [-0.15, -0.1) is 0 Å². The fourth-order valence-electron chi connectivity index (χ4n) is 2.30. The number of benzene rings is 1. The van der Waals surface area contributed by atoms with Crippen LogP contribution in [-0.4, -0.2) is 26.3 Å². The van der Waals surface area contributed by atoms with Crippen LogP contribution < -0.4 is 4.90 Å². The molecule has 3 aromatic rings. The van der Waals surface area contributed by atoms with Crippen molar-refractivity contribution < 1.29 is 13.9 Å². The summed E-state index contributed by atoms with van der Waals surface area (Å²) >= 11 is 12.2. The fraction of sp³-hybridized carbons (Fsp3) is 0.235. The minimum Gasteiger partial charge on any atom is -0.443 e. The van der Waals surface area contributed by atoms with E-state index in [1.54, 1.807) is 26.8 Å². The Morgan fingerprint density at radius 3 is 2.65 bits per heavy atom. The quantitative estimate of drug-likeness (QED) is 0.555. The van der Waals surface area contributed by atoms with Gasteiger partial charge in [0, 0.05) is 6.07 Å². The lowest BCUT2D eigenvalue weighted by molar-refractivity contribution is 0.0597. The number of carbonyl (C=O) groups is 1. The first-order valence-electron chi connectivity index (χ1n) is 7.64. The zero-order valence-corrected chi connectivity index (χ0v) is 15.7. The van der Waals surface area contributed by atoms with Crippen molar-refractivity contribution in [1.82, 2.24) is 14.6 Å². The molecule has 0 unspecified atom stereocenters. The predicted molar refractivity (Wildman–Crippen MR) is 97.8 cm³/mol. The molecule has 0 bridgehead atoms. The van der Waals surface area contributed by atoms with Crippen LogP contribution in [0.1, 0.15) is 20.8 Å². The van der Waals surface area contributed by atoms with E-state index in [-0.39, 0.29) is 27.3 Å². The van der Waals surface area contributed by atoms with E-state index >= 15 is 0 Å². The topological polar surface area (TPSA) is 59.7 Å². The van der Waals surface area contributed by atoms with Gasteiger partial charge in [0.2, 0.25) is 0 Å². The lowest BCUT2D eigenvalue weighted by atomic mass is 10.2. The Balaban J connectivity index is 2.23. The van der Waals surface area contributed by atoms with E-state index in [1.807, 2.05) is 0 Å². The number of fused-ring (bicyclic) bond motifs is 1. The van der Waals surface area contributed by atoms with Crippen LogP contribution >= 0.6 is 23.2 Å². The normalized spacial score (nSPS) is 11.6. The van der Waals surface area contributed by atoms with Crippen LogP contribution in [0, 0.1) is 5.82 Å². The zero-order chi connectivity index (χ0) is 19.1. The maximum Gasteiger partial charge on any atom is 0.420 e. The summed E-state index contributed by atoms with van der Waals surface area (Å²) in [6.45, 7) is 5.19. The summed E-state index contributed by atoms with van der Waals surface area (Å²) in [5, 5.41) is 4.49. The highest BCUT2D eigenvalue weighted by molar-refractivity contribution is 6.34. The van der Waals surface area contributed by atoms with Gasteiger partial charge in [0.25, 0.3) is 0 Å². The molecule has 9 heteroatoms.